The van der Waals surface area contributed by atoms with E-state index in [2.05, 4.69) is 78.8 Å². The van der Waals surface area contributed by atoms with Crippen molar-refractivity contribution >= 4 is 134 Å². The van der Waals surface area contributed by atoms with Crippen molar-refractivity contribution in [1.29, 1.82) is 0 Å². The smallest absolute Gasteiger partial charge is 0.444 e. The van der Waals surface area contributed by atoms with Gasteiger partial charge in [-0.2, -0.15) is 8.42 Å². The number of carbonyl (C=O) groups excluding carboxylic acids is 6. The first-order valence-corrected chi connectivity index (χ1v) is 30.7. The molecule has 40 nitrogen and oxygen atoms in total. The molecule has 0 unspecified atom stereocenters. The van der Waals surface area contributed by atoms with Gasteiger partial charge in [0.25, 0.3) is 10.1 Å². The zero-order valence-corrected chi connectivity index (χ0v) is 69.1. The fourth-order valence-corrected chi connectivity index (χ4v) is 3.27. The summed E-state index contributed by atoms with van der Waals surface area (Å²) in [6.45, 7) is 41.5. The fraction of sp³-hybridized carbons (Fsp3) is 0.837. The van der Waals surface area contributed by atoms with Crippen LogP contribution in [-0.4, -0.2) is 274 Å². The van der Waals surface area contributed by atoms with Crippen molar-refractivity contribution in [3.05, 3.63) is 66.0 Å². The van der Waals surface area contributed by atoms with E-state index in [1.807, 2.05) is 20.8 Å². The first-order chi connectivity index (χ1) is 41.1. The van der Waals surface area contributed by atoms with E-state index in [1.165, 1.54) is 9.82 Å². The van der Waals surface area contributed by atoms with Crippen LogP contribution in [0.4, 0.5) is 28.8 Å². The number of hydrogen-bond donors (Lipinski definition) is 9. The molecule has 53 heteroatoms. The Balaban J connectivity index is -0.0000000313. The number of hydrogen-bond acceptors (Lipinski definition) is 26. The molecule has 0 aromatic carbocycles. The third-order valence-corrected chi connectivity index (χ3v) is 5.74. The number of aliphatic hydroxyl groups is 3. The van der Waals surface area contributed by atoms with Gasteiger partial charge in [-0.15, -0.1) is 13.2 Å². The minimum Gasteiger partial charge on any atom is -0.444 e. The van der Waals surface area contributed by atoms with Crippen LogP contribution in [0.2, 0.25) is 0 Å². The Morgan fingerprint density at radius 1 is 0.480 bits per heavy atom. The summed E-state index contributed by atoms with van der Waals surface area (Å²) in [5.74, 6) is 0. The summed E-state index contributed by atoms with van der Waals surface area (Å²) < 4.78 is 82.2. The molecule has 1 aliphatic heterocycles. The van der Waals surface area contributed by atoms with Gasteiger partial charge in [0.05, 0.1) is 45.5 Å². The molecule has 1 rings (SSSR count). The van der Waals surface area contributed by atoms with Crippen LogP contribution in [-0.2, 0) is 61.2 Å². The number of halogens is 1. The van der Waals surface area contributed by atoms with Gasteiger partial charge in [0, 0.05) is 150 Å². The Morgan fingerprint density at radius 3 is 0.882 bits per heavy atom. The van der Waals surface area contributed by atoms with Gasteiger partial charge in [0.1, 0.15) is 33.6 Å². The Hall–Kier alpha value is -4.77. The van der Waals surface area contributed by atoms with Gasteiger partial charge < -0.3 is 108 Å². The van der Waals surface area contributed by atoms with Crippen molar-refractivity contribution in [3.8, 4) is 0 Å². The molecule has 574 valence electrons. The molecule has 11 N–H and O–H groups in total. The Morgan fingerprint density at radius 2 is 0.706 bits per heavy atom. The molecule has 4 amide bonds. The average Bonchev–Trinajstić information content (AvgIpc) is 4.34. The molecule has 0 aliphatic carbocycles. The SMILES string of the molecule is C.C1CO1.C=C.CC(C)(C)OC(=O)NCCN.CC(C)(C)OC(=O)NCCN=[N+]=[N-].CC(C)(C)OC(=O)NCCO.CC(C)(C)OC(=O)NCCOS(C)(=O)=O.CC(C)(C)OC(=O)OC(=O)OC(C)(C)C.CS(=O)(=O)Cl.NCCO.[B].[B].[B].[B].[B].[B].[B].[B].[HH].[HH].[N-]=[N+]=NCCO.[N-]=[N+]=[N-].[N-]=[N+]=[N-].[Na+].[Na+]. The minimum absolute atomic E-state index is 0. The van der Waals surface area contributed by atoms with Gasteiger partial charge >= 0.3 is 95.8 Å². The van der Waals surface area contributed by atoms with E-state index in [-0.39, 0.29) is 189 Å². The Kier molecular flexibility index (Phi) is 153. The summed E-state index contributed by atoms with van der Waals surface area (Å²) in [7, 11) is -2.14. The molecule has 1 fully saturated rings. The maximum atomic E-state index is 11.0. The summed E-state index contributed by atoms with van der Waals surface area (Å²) in [4.78, 5) is 73.6. The fourth-order valence-electron chi connectivity index (χ4n) is 2.89. The number of azide groups is 2. The van der Waals surface area contributed by atoms with Gasteiger partial charge in [-0.1, -0.05) is 17.7 Å². The zero-order chi connectivity index (χ0) is 74.8. The first kappa shape index (κ1) is 159. The molecule has 0 aromatic rings. The standard InChI is InChI=1S/C10H18O5.C8H17NO5S.C7H14N4O2.C7H16N2O2.C7H15NO3.C2H5N3O.C2H7NO.C2H4O.C2H4.CH3ClO2S.CH4.8B.2N3.2Na.2H2/c1-9(2,3)14-7(11)13-8(12)15-10(4,5)6;1-8(2,3)14-7(10)9-5-6-13-15(4,11)12;1-7(2,3)13-6(12)9-4-5-10-11-8;1-7(2,3)11-6(10)9-5-4-8;1-7(2,3)11-6(10)8-4-5-9;3-5-4-1-2-6;3-1-2-4;1-2-3-1;1-2;1-5(2,3)4;;;;;;;;;;2*1-3-2;;;;/h1-6H3;5-6H2,1-4H3,(H,9,10);4-5H2,1-3H3,(H,9,12);4-5,8H2,1-3H3,(H,9,10);9H,4-5H2,1-3H3,(H,8,10);6H,1-2H2;4H,1-3H2;1-2H2;1-2H2;1H3;1H4;;;;;;;;;;;;;2*1H/q;;;;;;;;;;;;;;;;;;;2*-1;2*+1;;. The minimum atomic E-state index is -3.45. The summed E-state index contributed by atoms with van der Waals surface area (Å²) in [6, 6.07) is 0. The van der Waals surface area contributed by atoms with E-state index in [9.17, 15) is 45.6 Å². The number of nitrogens with two attached hydrogens (primary N) is 2. The van der Waals surface area contributed by atoms with Crippen LogP contribution in [0.15, 0.2) is 23.4 Å². The maximum Gasteiger partial charge on any atom is 1.00 e. The molecule has 0 aromatic heterocycles. The van der Waals surface area contributed by atoms with Crippen molar-refractivity contribution in [2.45, 2.75) is 166 Å². The molecule has 1 saturated heterocycles. The quantitative estimate of drug-likeness (QED) is 0.00912. The van der Waals surface area contributed by atoms with Crippen molar-refractivity contribution in [2.75, 3.05) is 105 Å². The number of amides is 4. The molecule has 102 heavy (non-hydrogen) atoms. The van der Waals surface area contributed by atoms with Gasteiger partial charge in [-0.3, -0.25) is 14.0 Å². The van der Waals surface area contributed by atoms with Crippen LogP contribution in [0.25, 0.3) is 52.8 Å². The second-order valence-electron chi connectivity index (χ2n) is 21.4. The second kappa shape index (κ2) is 98.3. The zero-order valence-electron chi connectivity index (χ0n) is 62.7. The molecule has 1 aliphatic rings. The summed E-state index contributed by atoms with van der Waals surface area (Å²) >= 11 is 0. The van der Waals surface area contributed by atoms with Crippen LogP contribution >= 0.6 is 10.7 Å². The van der Waals surface area contributed by atoms with Gasteiger partial charge in [-0.05, 0) is 136 Å². The van der Waals surface area contributed by atoms with E-state index >= 15 is 0 Å². The molecule has 0 spiro atoms. The van der Waals surface area contributed by atoms with E-state index in [0.717, 1.165) is 25.7 Å². The van der Waals surface area contributed by atoms with Crippen LogP contribution < -0.4 is 91.8 Å². The maximum absolute atomic E-state index is 11.0. The van der Waals surface area contributed by atoms with E-state index in [4.69, 9.17) is 88.4 Å². The number of nitrogens with one attached hydrogen (secondary N) is 4. The van der Waals surface area contributed by atoms with E-state index < -0.39 is 89.5 Å². The summed E-state index contributed by atoms with van der Waals surface area (Å²) in [6.07, 6.45) is -2.25. The normalized spacial score (nSPS) is 9.35. The third-order valence-electron chi connectivity index (χ3n) is 5.15. The number of alkyl carbamates (subject to hydrolysis) is 4. The van der Waals surface area contributed by atoms with Crippen LogP contribution in [0, 0.1) is 0 Å². The predicted molar refractivity (Wildman–Crippen MR) is 399 cm³/mol. The summed E-state index contributed by atoms with van der Waals surface area (Å²) in [5.41, 5.74) is 49.1. The number of ether oxygens (including phenoxy) is 8. The molecule has 0 atom stereocenters. The number of nitrogens with zero attached hydrogens (tertiary/aromatic N) is 12. The molecule has 1 heterocycles. The molecule has 0 bridgehead atoms. The van der Waals surface area contributed by atoms with E-state index in [0.29, 0.717) is 26.2 Å². The molecular formula is C49H111B8ClN18Na2O22S2. The summed E-state index contributed by atoms with van der Waals surface area (Å²) in [5, 5.41) is 40.0. The van der Waals surface area contributed by atoms with Gasteiger partial charge in [0.15, 0.2) is 0 Å². The Labute approximate surface area is 673 Å². The monoisotopic (exact) mass is 1540 g/mol. The molecule has 0 saturated carbocycles. The second-order valence-corrected chi connectivity index (χ2v) is 26.1. The average molecular weight is 1540 g/mol. The molecule has 24 radical (unpaired) electrons. The van der Waals surface area contributed by atoms with Crippen molar-refractivity contribution in [1.82, 2.24) is 21.3 Å². The predicted octanol–water partition coefficient (Wildman–Crippen LogP) is 0.207. The number of carbonyl (C=O) groups is 6. The van der Waals surface area contributed by atoms with Crippen molar-refractivity contribution in [3.63, 3.8) is 0 Å². The largest absolute Gasteiger partial charge is 1.00 e. The molecular weight excluding hydrogens is 1420 g/mol. The van der Waals surface area contributed by atoms with Gasteiger partial charge in [0.2, 0.25) is 9.05 Å². The topological polar surface area (TPSA) is 633 Å². The van der Waals surface area contributed by atoms with E-state index in [1.54, 1.807) is 104 Å². The van der Waals surface area contributed by atoms with Crippen LogP contribution in [0.3, 0.4) is 0 Å². The number of aliphatic hydroxyl groups excluding tert-OH is 3. The van der Waals surface area contributed by atoms with Gasteiger partial charge in [-0.25, -0.2) is 37.2 Å². The Bertz CT molecular complexity index is 2270. The number of rotatable bonds is 14. The van der Waals surface area contributed by atoms with Crippen molar-refractivity contribution in [2.24, 2.45) is 21.7 Å². The van der Waals surface area contributed by atoms with Crippen molar-refractivity contribution < 1.29 is 165 Å². The van der Waals surface area contributed by atoms with Crippen LogP contribution in [0.1, 0.15) is 135 Å². The van der Waals surface area contributed by atoms with Crippen LogP contribution in [0.5, 0.6) is 0 Å². The number of epoxide rings is 1. The first-order valence-electron chi connectivity index (χ1n) is 26.2. The third kappa shape index (κ3) is 267.